The summed E-state index contributed by atoms with van der Waals surface area (Å²) in [4.78, 5) is 8.70. The molecule has 1 heterocycles. The summed E-state index contributed by atoms with van der Waals surface area (Å²) < 4.78 is 0. The van der Waals surface area contributed by atoms with Crippen LogP contribution in [-0.4, -0.2) is 29.3 Å². The van der Waals surface area contributed by atoms with Crippen LogP contribution in [0.25, 0.3) is 0 Å². The van der Waals surface area contributed by atoms with Gasteiger partial charge in [0.15, 0.2) is 5.16 Å². The van der Waals surface area contributed by atoms with Crippen molar-refractivity contribution in [3.05, 3.63) is 11.8 Å². The van der Waals surface area contributed by atoms with Crippen LogP contribution < -0.4 is 11.1 Å². The first-order chi connectivity index (χ1) is 7.31. The van der Waals surface area contributed by atoms with Crippen LogP contribution in [0.5, 0.6) is 0 Å². The van der Waals surface area contributed by atoms with Gasteiger partial charge < -0.3 is 11.1 Å². The first-order valence-electron chi connectivity index (χ1n) is 5.15. The number of rotatable bonds is 6. The average Bonchev–Trinajstić information content (AvgIpc) is 2.27. The second-order valence-corrected chi connectivity index (χ2v) is 3.93. The number of nitrogens with one attached hydrogen (secondary N) is 1. The SMILES string of the molecule is CCNc1nc(SC)ncc1CCCN. The summed E-state index contributed by atoms with van der Waals surface area (Å²) in [6.07, 6.45) is 5.78. The smallest absolute Gasteiger partial charge is 0.189 e. The molecule has 0 aliphatic heterocycles. The minimum Gasteiger partial charge on any atom is -0.370 e. The Morgan fingerprint density at radius 2 is 2.33 bits per heavy atom. The third-order valence-electron chi connectivity index (χ3n) is 2.02. The molecule has 3 N–H and O–H groups in total. The molecule has 0 radical (unpaired) electrons. The van der Waals surface area contributed by atoms with Crippen LogP contribution in [0.1, 0.15) is 18.9 Å². The molecule has 0 bridgehead atoms. The molecule has 0 aliphatic carbocycles. The van der Waals surface area contributed by atoms with Crippen molar-refractivity contribution in [3.8, 4) is 0 Å². The van der Waals surface area contributed by atoms with Gasteiger partial charge in [-0.2, -0.15) is 0 Å². The molecule has 0 saturated heterocycles. The molecule has 1 aromatic rings. The molecule has 1 aromatic heterocycles. The fraction of sp³-hybridized carbons (Fsp3) is 0.600. The summed E-state index contributed by atoms with van der Waals surface area (Å²) in [7, 11) is 0. The fourth-order valence-electron chi connectivity index (χ4n) is 1.28. The van der Waals surface area contributed by atoms with Crippen LogP contribution >= 0.6 is 11.8 Å². The van der Waals surface area contributed by atoms with E-state index in [4.69, 9.17) is 5.73 Å². The van der Waals surface area contributed by atoms with Crippen molar-refractivity contribution >= 4 is 17.6 Å². The molecule has 5 heteroatoms. The van der Waals surface area contributed by atoms with Gasteiger partial charge in [-0.3, -0.25) is 0 Å². The van der Waals surface area contributed by atoms with Crippen LogP contribution in [0.2, 0.25) is 0 Å². The van der Waals surface area contributed by atoms with E-state index in [-0.39, 0.29) is 0 Å². The molecular weight excluding hydrogens is 208 g/mol. The zero-order valence-corrected chi connectivity index (χ0v) is 10.1. The third-order valence-corrected chi connectivity index (χ3v) is 2.58. The van der Waals surface area contributed by atoms with Gasteiger partial charge in [0.1, 0.15) is 5.82 Å². The first kappa shape index (κ1) is 12.3. The van der Waals surface area contributed by atoms with Crippen molar-refractivity contribution in [2.45, 2.75) is 24.9 Å². The monoisotopic (exact) mass is 226 g/mol. The van der Waals surface area contributed by atoms with E-state index in [0.29, 0.717) is 6.54 Å². The summed E-state index contributed by atoms with van der Waals surface area (Å²) in [5, 5.41) is 4.06. The fourth-order valence-corrected chi connectivity index (χ4v) is 1.63. The number of hydrogen-bond donors (Lipinski definition) is 2. The largest absolute Gasteiger partial charge is 0.370 e. The molecule has 0 unspecified atom stereocenters. The maximum absolute atomic E-state index is 5.49. The molecule has 1 rings (SSSR count). The summed E-state index contributed by atoms with van der Waals surface area (Å²) in [6.45, 7) is 3.64. The summed E-state index contributed by atoms with van der Waals surface area (Å²) in [5.41, 5.74) is 6.64. The highest BCUT2D eigenvalue weighted by Crippen LogP contribution is 2.17. The van der Waals surface area contributed by atoms with E-state index in [9.17, 15) is 0 Å². The number of nitrogens with two attached hydrogens (primary N) is 1. The average molecular weight is 226 g/mol. The van der Waals surface area contributed by atoms with E-state index in [1.54, 1.807) is 11.8 Å². The van der Waals surface area contributed by atoms with Crippen molar-refractivity contribution in [3.63, 3.8) is 0 Å². The quantitative estimate of drug-likeness (QED) is 0.569. The Labute approximate surface area is 95.1 Å². The zero-order chi connectivity index (χ0) is 11.1. The minimum atomic E-state index is 0.704. The van der Waals surface area contributed by atoms with E-state index < -0.39 is 0 Å². The summed E-state index contributed by atoms with van der Waals surface area (Å²) in [6, 6.07) is 0. The number of anilines is 1. The second kappa shape index (κ2) is 6.63. The summed E-state index contributed by atoms with van der Waals surface area (Å²) >= 11 is 1.55. The normalized spacial score (nSPS) is 10.3. The van der Waals surface area contributed by atoms with Crippen LogP contribution in [0.4, 0.5) is 5.82 Å². The zero-order valence-electron chi connectivity index (χ0n) is 9.29. The van der Waals surface area contributed by atoms with Crippen LogP contribution in [-0.2, 0) is 6.42 Å². The second-order valence-electron chi connectivity index (χ2n) is 3.15. The molecule has 0 saturated carbocycles. The Kier molecular flexibility index (Phi) is 5.42. The van der Waals surface area contributed by atoms with Gasteiger partial charge in [-0.15, -0.1) is 0 Å². The molecular formula is C10H18N4S. The lowest BCUT2D eigenvalue weighted by Gasteiger charge is -2.09. The van der Waals surface area contributed by atoms with Crippen molar-refractivity contribution in [2.24, 2.45) is 5.73 Å². The third kappa shape index (κ3) is 3.68. The van der Waals surface area contributed by atoms with Gasteiger partial charge in [0.25, 0.3) is 0 Å². The van der Waals surface area contributed by atoms with Gasteiger partial charge in [-0.05, 0) is 32.6 Å². The molecule has 84 valence electrons. The topological polar surface area (TPSA) is 63.8 Å². The lowest BCUT2D eigenvalue weighted by molar-refractivity contribution is 0.811. The van der Waals surface area contributed by atoms with Gasteiger partial charge in [-0.1, -0.05) is 11.8 Å². The number of aryl methyl sites for hydroxylation is 1. The van der Waals surface area contributed by atoms with Crippen molar-refractivity contribution < 1.29 is 0 Å². The maximum atomic E-state index is 5.49. The minimum absolute atomic E-state index is 0.704. The predicted octanol–water partition coefficient (Wildman–Crippen LogP) is 1.52. The molecule has 0 aromatic carbocycles. The molecule has 0 fully saturated rings. The van der Waals surface area contributed by atoms with Crippen molar-refractivity contribution in [1.82, 2.24) is 9.97 Å². The van der Waals surface area contributed by atoms with Crippen molar-refractivity contribution in [2.75, 3.05) is 24.7 Å². The van der Waals surface area contributed by atoms with E-state index in [0.717, 1.165) is 35.9 Å². The van der Waals surface area contributed by atoms with Gasteiger partial charge in [0.05, 0.1) is 0 Å². The molecule has 15 heavy (non-hydrogen) atoms. The predicted molar refractivity (Wildman–Crippen MR) is 65.4 cm³/mol. The Bertz CT molecular complexity index is 303. The van der Waals surface area contributed by atoms with Crippen LogP contribution in [0, 0.1) is 0 Å². The lowest BCUT2D eigenvalue weighted by atomic mass is 10.2. The Morgan fingerprint density at radius 1 is 1.53 bits per heavy atom. The lowest BCUT2D eigenvalue weighted by Crippen LogP contribution is -2.07. The van der Waals surface area contributed by atoms with Crippen LogP contribution in [0.3, 0.4) is 0 Å². The highest BCUT2D eigenvalue weighted by Gasteiger charge is 2.05. The van der Waals surface area contributed by atoms with E-state index in [1.807, 2.05) is 12.5 Å². The number of thioether (sulfide) groups is 1. The first-order valence-corrected chi connectivity index (χ1v) is 6.38. The molecule has 0 spiro atoms. The van der Waals surface area contributed by atoms with Gasteiger partial charge in [-0.25, -0.2) is 9.97 Å². The van der Waals surface area contributed by atoms with Crippen molar-refractivity contribution in [1.29, 1.82) is 0 Å². The van der Waals surface area contributed by atoms with E-state index >= 15 is 0 Å². The van der Waals surface area contributed by atoms with E-state index in [2.05, 4.69) is 22.2 Å². The Balaban J connectivity index is 2.82. The highest BCUT2D eigenvalue weighted by molar-refractivity contribution is 7.98. The number of nitrogens with zero attached hydrogens (tertiary/aromatic N) is 2. The van der Waals surface area contributed by atoms with E-state index in [1.165, 1.54) is 0 Å². The van der Waals surface area contributed by atoms with Gasteiger partial charge in [0.2, 0.25) is 0 Å². The summed E-state index contributed by atoms with van der Waals surface area (Å²) in [5.74, 6) is 0.949. The van der Waals surface area contributed by atoms with Crippen LogP contribution in [0.15, 0.2) is 11.4 Å². The Hall–Kier alpha value is -0.810. The molecule has 0 aliphatic rings. The standard InChI is InChI=1S/C10H18N4S/c1-3-12-9-8(5-4-6-11)7-13-10(14-9)15-2/h7H,3-6,11H2,1-2H3,(H,12,13,14). The molecule has 4 nitrogen and oxygen atoms in total. The maximum Gasteiger partial charge on any atom is 0.189 e. The highest BCUT2D eigenvalue weighted by atomic mass is 32.2. The Morgan fingerprint density at radius 3 is 2.93 bits per heavy atom. The molecule has 0 atom stereocenters. The van der Waals surface area contributed by atoms with Gasteiger partial charge >= 0.3 is 0 Å². The van der Waals surface area contributed by atoms with Gasteiger partial charge in [0, 0.05) is 18.3 Å². The number of aromatic nitrogens is 2. The molecule has 0 amide bonds. The number of hydrogen-bond acceptors (Lipinski definition) is 5.